The van der Waals surface area contributed by atoms with Crippen molar-refractivity contribution in [2.45, 2.75) is 6.92 Å². The second kappa shape index (κ2) is 3.18. The van der Waals surface area contributed by atoms with Crippen molar-refractivity contribution in [2.75, 3.05) is 7.11 Å². The third-order valence-electron chi connectivity index (χ3n) is 2.26. The highest BCUT2D eigenvalue weighted by atomic mass is 16.5. The standard InChI is InChI=1S/C11H11NO2/c1-7-3-4-12-9-6-10(13)11(14-2)5-8(7)9/h3-6,13H,1-2H3. The summed E-state index contributed by atoms with van der Waals surface area (Å²) in [6.45, 7) is 2.00. The van der Waals surface area contributed by atoms with E-state index in [9.17, 15) is 5.11 Å². The molecule has 0 aliphatic rings. The van der Waals surface area contributed by atoms with Crippen molar-refractivity contribution in [3.63, 3.8) is 0 Å². The second-order valence-corrected chi connectivity index (χ2v) is 3.17. The minimum atomic E-state index is 0.123. The van der Waals surface area contributed by atoms with Crippen LogP contribution in [0.4, 0.5) is 0 Å². The van der Waals surface area contributed by atoms with Crippen LogP contribution in [0.25, 0.3) is 10.9 Å². The maximum absolute atomic E-state index is 9.53. The molecule has 0 aliphatic heterocycles. The predicted molar refractivity (Wildman–Crippen MR) is 54.7 cm³/mol. The zero-order chi connectivity index (χ0) is 10.1. The molecule has 3 nitrogen and oxygen atoms in total. The summed E-state index contributed by atoms with van der Waals surface area (Å²) in [5, 5.41) is 10.5. The number of ether oxygens (including phenoxy) is 1. The summed E-state index contributed by atoms with van der Waals surface area (Å²) in [5.41, 5.74) is 1.90. The molecule has 0 amide bonds. The lowest BCUT2D eigenvalue weighted by molar-refractivity contribution is 0.374. The molecular formula is C11H11NO2. The van der Waals surface area contributed by atoms with Gasteiger partial charge < -0.3 is 9.84 Å². The smallest absolute Gasteiger partial charge is 0.161 e. The molecule has 0 unspecified atom stereocenters. The molecule has 1 heterocycles. The van der Waals surface area contributed by atoms with Crippen LogP contribution in [0.3, 0.4) is 0 Å². The number of aromatic hydroxyl groups is 1. The van der Waals surface area contributed by atoms with Gasteiger partial charge in [-0.3, -0.25) is 4.98 Å². The average molecular weight is 189 g/mol. The number of rotatable bonds is 1. The van der Waals surface area contributed by atoms with Gasteiger partial charge in [0.25, 0.3) is 0 Å². The van der Waals surface area contributed by atoms with Gasteiger partial charge in [-0.15, -0.1) is 0 Å². The van der Waals surface area contributed by atoms with Gasteiger partial charge in [0, 0.05) is 17.6 Å². The summed E-state index contributed by atoms with van der Waals surface area (Å²) in [4.78, 5) is 4.16. The Morgan fingerprint density at radius 2 is 2.14 bits per heavy atom. The Hall–Kier alpha value is -1.77. The van der Waals surface area contributed by atoms with E-state index in [2.05, 4.69) is 4.98 Å². The van der Waals surface area contributed by atoms with Crippen molar-refractivity contribution in [3.8, 4) is 11.5 Å². The molecule has 2 rings (SSSR count). The molecule has 0 atom stereocenters. The third-order valence-corrected chi connectivity index (χ3v) is 2.26. The molecule has 14 heavy (non-hydrogen) atoms. The fraction of sp³-hybridized carbons (Fsp3) is 0.182. The number of hydrogen-bond donors (Lipinski definition) is 1. The Labute approximate surface area is 82.0 Å². The van der Waals surface area contributed by atoms with Crippen LogP contribution in [0.15, 0.2) is 24.4 Å². The first kappa shape index (κ1) is 8.81. The van der Waals surface area contributed by atoms with Crippen LogP contribution in [-0.2, 0) is 0 Å². The van der Waals surface area contributed by atoms with Gasteiger partial charge >= 0.3 is 0 Å². The Kier molecular flexibility index (Phi) is 2.00. The van der Waals surface area contributed by atoms with Gasteiger partial charge in [0.2, 0.25) is 0 Å². The number of aryl methyl sites for hydroxylation is 1. The van der Waals surface area contributed by atoms with Gasteiger partial charge in [0.1, 0.15) is 0 Å². The van der Waals surface area contributed by atoms with Crippen LogP contribution in [0.2, 0.25) is 0 Å². The van der Waals surface area contributed by atoms with Gasteiger partial charge in [-0.05, 0) is 24.6 Å². The van der Waals surface area contributed by atoms with Crippen molar-refractivity contribution in [1.82, 2.24) is 4.98 Å². The molecule has 0 bridgehead atoms. The maximum Gasteiger partial charge on any atom is 0.161 e. The first-order chi connectivity index (χ1) is 6.72. The summed E-state index contributed by atoms with van der Waals surface area (Å²) >= 11 is 0. The first-order valence-corrected chi connectivity index (χ1v) is 4.34. The monoisotopic (exact) mass is 189 g/mol. The zero-order valence-corrected chi connectivity index (χ0v) is 8.11. The molecule has 1 N–H and O–H groups in total. The molecule has 0 fully saturated rings. The van der Waals surface area contributed by atoms with E-state index < -0.39 is 0 Å². The van der Waals surface area contributed by atoms with Gasteiger partial charge in [-0.2, -0.15) is 0 Å². The number of benzene rings is 1. The summed E-state index contributed by atoms with van der Waals surface area (Å²) in [5.74, 6) is 0.603. The minimum absolute atomic E-state index is 0.123. The number of methoxy groups -OCH3 is 1. The number of nitrogens with zero attached hydrogens (tertiary/aromatic N) is 1. The van der Waals surface area contributed by atoms with Crippen LogP contribution in [0, 0.1) is 6.92 Å². The summed E-state index contributed by atoms with van der Waals surface area (Å²) in [6.07, 6.45) is 1.73. The molecule has 2 aromatic rings. The quantitative estimate of drug-likeness (QED) is 0.748. The highest BCUT2D eigenvalue weighted by Gasteiger charge is 2.05. The van der Waals surface area contributed by atoms with Crippen LogP contribution >= 0.6 is 0 Å². The van der Waals surface area contributed by atoms with E-state index in [4.69, 9.17) is 4.74 Å². The molecule has 3 heteroatoms. The Bertz CT molecular complexity index is 480. The fourth-order valence-corrected chi connectivity index (χ4v) is 1.46. The van der Waals surface area contributed by atoms with Gasteiger partial charge in [-0.25, -0.2) is 0 Å². The average Bonchev–Trinajstić information content (AvgIpc) is 2.17. The third kappa shape index (κ3) is 1.27. The van der Waals surface area contributed by atoms with Crippen LogP contribution < -0.4 is 4.74 Å². The van der Waals surface area contributed by atoms with Crippen molar-refractivity contribution in [1.29, 1.82) is 0 Å². The lowest BCUT2D eigenvalue weighted by atomic mass is 10.1. The lowest BCUT2D eigenvalue weighted by Gasteiger charge is -2.06. The van der Waals surface area contributed by atoms with E-state index in [0.29, 0.717) is 5.75 Å². The normalized spacial score (nSPS) is 10.4. The summed E-state index contributed by atoms with van der Waals surface area (Å²) in [6, 6.07) is 5.34. The lowest BCUT2D eigenvalue weighted by Crippen LogP contribution is -1.87. The number of phenols is 1. The molecule has 0 saturated carbocycles. The van der Waals surface area contributed by atoms with Gasteiger partial charge in [0.05, 0.1) is 12.6 Å². The highest BCUT2D eigenvalue weighted by Crippen LogP contribution is 2.31. The molecule has 0 aliphatic carbocycles. The molecule has 0 radical (unpaired) electrons. The van der Waals surface area contributed by atoms with Crippen molar-refractivity contribution in [2.24, 2.45) is 0 Å². The SMILES string of the molecule is COc1cc2c(C)ccnc2cc1O. The van der Waals surface area contributed by atoms with E-state index in [0.717, 1.165) is 16.5 Å². The largest absolute Gasteiger partial charge is 0.504 e. The van der Waals surface area contributed by atoms with Crippen molar-refractivity contribution < 1.29 is 9.84 Å². The summed E-state index contributed by atoms with van der Waals surface area (Å²) in [7, 11) is 1.53. The van der Waals surface area contributed by atoms with E-state index in [1.807, 2.05) is 13.0 Å². The number of phenolic OH excluding ortho intramolecular Hbond substituents is 1. The van der Waals surface area contributed by atoms with E-state index in [1.54, 1.807) is 18.3 Å². The Morgan fingerprint density at radius 1 is 1.36 bits per heavy atom. The van der Waals surface area contributed by atoms with E-state index in [-0.39, 0.29) is 5.75 Å². The number of aromatic nitrogens is 1. The van der Waals surface area contributed by atoms with Gasteiger partial charge in [-0.1, -0.05) is 0 Å². The minimum Gasteiger partial charge on any atom is -0.504 e. The molecule has 0 spiro atoms. The number of fused-ring (bicyclic) bond motifs is 1. The highest BCUT2D eigenvalue weighted by molar-refractivity contribution is 5.85. The molecule has 72 valence electrons. The summed E-state index contributed by atoms with van der Waals surface area (Å²) < 4.78 is 5.03. The Balaban J connectivity index is 2.80. The molecule has 1 aromatic carbocycles. The molecule has 1 aromatic heterocycles. The first-order valence-electron chi connectivity index (χ1n) is 4.34. The van der Waals surface area contributed by atoms with Gasteiger partial charge in [0.15, 0.2) is 11.5 Å². The maximum atomic E-state index is 9.53. The molecule has 0 saturated heterocycles. The van der Waals surface area contributed by atoms with Crippen molar-refractivity contribution >= 4 is 10.9 Å². The van der Waals surface area contributed by atoms with E-state index >= 15 is 0 Å². The number of pyridine rings is 1. The van der Waals surface area contributed by atoms with Crippen LogP contribution in [0.1, 0.15) is 5.56 Å². The second-order valence-electron chi connectivity index (χ2n) is 3.17. The Morgan fingerprint density at radius 3 is 2.86 bits per heavy atom. The fourth-order valence-electron chi connectivity index (χ4n) is 1.46. The topological polar surface area (TPSA) is 42.4 Å². The van der Waals surface area contributed by atoms with E-state index in [1.165, 1.54) is 7.11 Å². The number of hydrogen-bond acceptors (Lipinski definition) is 3. The molecular weight excluding hydrogens is 178 g/mol. The van der Waals surface area contributed by atoms with Crippen LogP contribution in [-0.4, -0.2) is 17.2 Å². The van der Waals surface area contributed by atoms with Crippen molar-refractivity contribution in [3.05, 3.63) is 30.0 Å². The zero-order valence-electron chi connectivity index (χ0n) is 8.11. The predicted octanol–water partition coefficient (Wildman–Crippen LogP) is 2.26. The van der Waals surface area contributed by atoms with Crippen LogP contribution in [0.5, 0.6) is 11.5 Å².